The molecular formula is H4BrNO6P2. The van der Waals surface area contributed by atoms with Crippen molar-refractivity contribution >= 4 is 31.6 Å². The summed E-state index contributed by atoms with van der Waals surface area (Å²) in [5.74, 6) is 0. The molecule has 0 aliphatic rings. The normalized spacial score (nSPS) is 14.2. The Hall–Kier alpha value is 0.740. The van der Waals surface area contributed by atoms with E-state index in [9.17, 15) is 9.13 Å². The van der Waals surface area contributed by atoms with Gasteiger partial charge in [-0.25, -0.2) is 9.13 Å². The van der Waals surface area contributed by atoms with Crippen LogP contribution in [0.25, 0.3) is 0 Å². The lowest BCUT2D eigenvalue weighted by molar-refractivity contribution is 0.313. The van der Waals surface area contributed by atoms with Crippen LogP contribution in [0.15, 0.2) is 0 Å². The van der Waals surface area contributed by atoms with E-state index in [-0.39, 0.29) is 0 Å². The summed E-state index contributed by atoms with van der Waals surface area (Å²) >= 11 is 2.03. The Morgan fingerprint density at radius 3 is 1.20 bits per heavy atom. The molecule has 4 N–H and O–H groups in total. The van der Waals surface area contributed by atoms with Gasteiger partial charge in [-0.3, -0.25) is 0 Å². The average Bonchev–Trinajstić information content (AvgIpc) is 1.59. The molecule has 0 rings (SSSR count). The summed E-state index contributed by atoms with van der Waals surface area (Å²) in [7, 11) is -9.78. The van der Waals surface area contributed by atoms with Gasteiger partial charge in [-0.15, -0.1) is 0 Å². The highest BCUT2D eigenvalue weighted by Gasteiger charge is 2.37. The first-order valence-corrected chi connectivity index (χ1v) is 5.57. The Bertz CT molecular complexity index is 178. The maximum absolute atomic E-state index is 10.1. The van der Waals surface area contributed by atoms with Crippen LogP contribution in [0.3, 0.4) is 0 Å². The summed E-state index contributed by atoms with van der Waals surface area (Å²) in [6.45, 7) is 0. The molecule has 0 atom stereocenters. The summed E-state index contributed by atoms with van der Waals surface area (Å²) in [6, 6.07) is 0. The van der Waals surface area contributed by atoms with Gasteiger partial charge in [0.25, 0.3) is 0 Å². The first-order valence-electron chi connectivity index (χ1n) is 1.73. The number of nitrogens with zero attached hydrogens (tertiary/aromatic N) is 1. The molecule has 0 aromatic rings. The molecule has 0 fully saturated rings. The monoisotopic (exact) mass is 255 g/mol. The molecule has 0 heterocycles. The molecular weight excluding hydrogens is 252 g/mol. The summed E-state index contributed by atoms with van der Waals surface area (Å²) in [5, 5.41) is 0. The zero-order chi connectivity index (χ0) is 8.58. The van der Waals surface area contributed by atoms with E-state index in [0.29, 0.717) is 0 Å². The van der Waals surface area contributed by atoms with Crippen molar-refractivity contribution in [1.29, 1.82) is 0 Å². The van der Waals surface area contributed by atoms with Crippen molar-refractivity contribution in [2.75, 3.05) is 0 Å². The van der Waals surface area contributed by atoms with E-state index in [1.54, 1.807) is 0 Å². The second kappa shape index (κ2) is 3.00. The first-order chi connectivity index (χ1) is 4.15. The summed E-state index contributed by atoms with van der Waals surface area (Å²) in [5.41, 5.74) is 0. The Labute approximate surface area is 64.4 Å². The zero-order valence-electron chi connectivity index (χ0n) is 4.32. The van der Waals surface area contributed by atoms with Crippen molar-refractivity contribution in [2.45, 2.75) is 0 Å². The van der Waals surface area contributed by atoms with E-state index in [4.69, 9.17) is 19.6 Å². The Balaban J connectivity index is 4.56. The van der Waals surface area contributed by atoms with E-state index in [1.165, 1.54) is 0 Å². The van der Waals surface area contributed by atoms with Crippen LogP contribution in [0.5, 0.6) is 0 Å². The fourth-order valence-electron chi connectivity index (χ4n) is 0.152. The fraction of sp³-hybridized carbons (Fsp3) is 0. The van der Waals surface area contributed by atoms with Crippen LogP contribution < -0.4 is 0 Å². The first kappa shape index (κ1) is 10.7. The molecule has 0 bridgehead atoms. The molecule has 10 heavy (non-hydrogen) atoms. The minimum absolute atomic E-state index is 0.479. The fourth-order valence-corrected chi connectivity index (χ4v) is 1.37. The Morgan fingerprint density at radius 1 is 1.00 bits per heavy atom. The van der Waals surface area contributed by atoms with Gasteiger partial charge < -0.3 is 19.6 Å². The molecule has 0 saturated heterocycles. The molecule has 62 valence electrons. The summed E-state index contributed by atoms with van der Waals surface area (Å²) < 4.78 is 19.6. The molecule has 0 saturated carbocycles. The number of halogens is 1. The molecule has 10 heteroatoms. The third-order valence-electron chi connectivity index (χ3n) is 0.430. The van der Waals surface area contributed by atoms with Crippen molar-refractivity contribution in [1.82, 2.24) is 3.47 Å². The number of rotatable bonds is 2. The van der Waals surface area contributed by atoms with Crippen LogP contribution in [0, 0.1) is 0 Å². The molecule has 0 unspecified atom stereocenters. The van der Waals surface area contributed by atoms with Crippen LogP contribution in [0.2, 0.25) is 0 Å². The van der Waals surface area contributed by atoms with Gasteiger partial charge in [0.15, 0.2) is 0 Å². The molecule has 7 nitrogen and oxygen atoms in total. The predicted octanol–water partition coefficient (Wildman–Crippen LogP) is -0.216. The second-order valence-corrected chi connectivity index (χ2v) is 6.24. The number of hydrogen-bond donors (Lipinski definition) is 4. The Kier molecular flexibility index (Phi) is 3.23. The van der Waals surface area contributed by atoms with Crippen LogP contribution in [0.4, 0.5) is 0 Å². The Morgan fingerprint density at radius 2 is 1.20 bits per heavy atom. The smallest absolute Gasteiger partial charge is 0.312 e. The largest absolute Gasteiger partial charge is 0.422 e. The van der Waals surface area contributed by atoms with Crippen LogP contribution >= 0.6 is 31.6 Å². The van der Waals surface area contributed by atoms with Gasteiger partial charge in [0, 0.05) is 16.1 Å². The van der Waals surface area contributed by atoms with Crippen molar-refractivity contribution in [3.8, 4) is 0 Å². The third kappa shape index (κ3) is 3.23. The minimum atomic E-state index is -4.89. The SMILES string of the molecule is O=P(O)(O)N(Br)P(=O)(O)O. The van der Waals surface area contributed by atoms with E-state index in [0.717, 1.165) is 0 Å². The summed E-state index contributed by atoms with van der Waals surface area (Å²) in [4.78, 5) is 32.5. The average molecular weight is 256 g/mol. The van der Waals surface area contributed by atoms with E-state index < -0.39 is 19.0 Å². The van der Waals surface area contributed by atoms with Gasteiger partial charge in [0.1, 0.15) is 0 Å². The summed E-state index contributed by atoms with van der Waals surface area (Å²) in [6.07, 6.45) is 0. The van der Waals surface area contributed by atoms with Crippen molar-refractivity contribution in [3.05, 3.63) is 0 Å². The van der Waals surface area contributed by atoms with E-state index in [2.05, 4.69) is 0 Å². The van der Waals surface area contributed by atoms with Crippen molar-refractivity contribution in [3.63, 3.8) is 0 Å². The van der Waals surface area contributed by atoms with Gasteiger partial charge >= 0.3 is 15.5 Å². The molecule has 0 aromatic heterocycles. The van der Waals surface area contributed by atoms with Gasteiger partial charge in [0.05, 0.1) is 0 Å². The predicted molar refractivity (Wildman–Crippen MR) is 34.9 cm³/mol. The highest BCUT2D eigenvalue weighted by molar-refractivity contribution is 9.09. The van der Waals surface area contributed by atoms with Crippen molar-refractivity contribution < 1.29 is 28.7 Å². The van der Waals surface area contributed by atoms with E-state index >= 15 is 0 Å². The maximum atomic E-state index is 10.1. The minimum Gasteiger partial charge on any atom is -0.312 e. The standard InChI is InChI=1S/BrH4NO6P2/c1-2(9(3,4)5)10(6,7)8/h(H2,3,4,5)(H2,6,7,8). The highest BCUT2D eigenvalue weighted by Crippen LogP contribution is 2.60. The van der Waals surface area contributed by atoms with Gasteiger partial charge in [-0.05, 0) is 3.47 Å². The highest BCUT2D eigenvalue weighted by atomic mass is 79.9. The molecule has 0 radical (unpaired) electrons. The van der Waals surface area contributed by atoms with Gasteiger partial charge in [0.2, 0.25) is 0 Å². The molecule has 0 spiro atoms. The zero-order valence-corrected chi connectivity index (χ0v) is 7.70. The lowest BCUT2D eigenvalue weighted by atomic mass is 13.9. The van der Waals surface area contributed by atoms with Crippen LogP contribution in [-0.2, 0) is 9.13 Å². The lowest BCUT2D eigenvalue weighted by Gasteiger charge is -2.14. The topological polar surface area (TPSA) is 118 Å². The molecule has 0 aliphatic heterocycles. The molecule has 0 aliphatic carbocycles. The van der Waals surface area contributed by atoms with Crippen molar-refractivity contribution in [2.24, 2.45) is 0 Å². The third-order valence-corrected chi connectivity index (χ3v) is 5.17. The van der Waals surface area contributed by atoms with E-state index in [1.807, 2.05) is 16.1 Å². The second-order valence-electron chi connectivity index (χ2n) is 1.27. The molecule has 0 amide bonds. The van der Waals surface area contributed by atoms with Crippen LogP contribution in [0.1, 0.15) is 0 Å². The lowest BCUT2D eigenvalue weighted by Crippen LogP contribution is -2.02. The maximum Gasteiger partial charge on any atom is 0.422 e. The number of hydrogen-bond acceptors (Lipinski definition) is 2. The van der Waals surface area contributed by atoms with Gasteiger partial charge in [-0.2, -0.15) is 0 Å². The molecule has 0 aromatic carbocycles. The van der Waals surface area contributed by atoms with Gasteiger partial charge in [-0.1, -0.05) is 0 Å². The van der Waals surface area contributed by atoms with Crippen LogP contribution in [-0.4, -0.2) is 23.0 Å². The quantitative estimate of drug-likeness (QED) is 0.398.